The summed E-state index contributed by atoms with van der Waals surface area (Å²) in [5, 5.41) is 0.781. The first-order chi connectivity index (χ1) is 11.4. The molecule has 0 amide bonds. The fraction of sp³-hybridized carbons (Fsp3) is 0.333. The number of esters is 1. The van der Waals surface area contributed by atoms with Crippen LogP contribution in [0.15, 0.2) is 24.3 Å². The normalized spacial score (nSPS) is 16.2. The van der Waals surface area contributed by atoms with Crippen LogP contribution in [0.2, 0.25) is 10.0 Å². The lowest BCUT2D eigenvalue weighted by Crippen LogP contribution is -2.16. The number of rotatable bonds is 5. The molecule has 2 heterocycles. The van der Waals surface area contributed by atoms with E-state index in [2.05, 4.69) is 6.92 Å². The summed E-state index contributed by atoms with van der Waals surface area (Å²) in [6.45, 7) is 4.52. The molecular weight excluding hydrogens is 349 g/mol. The number of nitrogens with zero attached hydrogens (tertiary/aromatic N) is 1. The molecule has 3 rings (SSSR count). The first kappa shape index (κ1) is 17.1. The Morgan fingerprint density at radius 1 is 1.29 bits per heavy atom. The Balaban J connectivity index is 2.07. The Morgan fingerprint density at radius 3 is 2.71 bits per heavy atom. The van der Waals surface area contributed by atoms with Crippen molar-refractivity contribution in [3.05, 3.63) is 51.3 Å². The maximum absolute atomic E-state index is 13.0. The monoisotopic (exact) mass is 365 g/mol. The lowest BCUT2D eigenvalue weighted by atomic mass is 10.1. The predicted molar refractivity (Wildman–Crippen MR) is 93.3 cm³/mol. The zero-order chi connectivity index (χ0) is 17.4. The maximum Gasteiger partial charge on any atom is 0.320 e. The third-order valence-electron chi connectivity index (χ3n) is 4.22. The molecule has 1 aromatic heterocycles. The van der Waals surface area contributed by atoms with Gasteiger partial charge in [0.05, 0.1) is 22.3 Å². The fourth-order valence-electron chi connectivity index (χ4n) is 2.93. The van der Waals surface area contributed by atoms with Crippen LogP contribution in [-0.4, -0.2) is 16.3 Å². The Hall–Kier alpha value is -1.78. The van der Waals surface area contributed by atoms with Crippen LogP contribution < -0.4 is 4.74 Å². The van der Waals surface area contributed by atoms with Crippen LogP contribution in [0.5, 0.6) is 5.75 Å². The minimum absolute atomic E-state index is 0.203. The van der Waals surface area contributed by atoms with Gasteiger partial charge in [-0.3, -0.25) is 9.59 Å². The van der Waals surface area contributed by atoms with Crippen molar-refractivity contribution in [3.8, 4) is 5.75 Å². The molecular formula is C18H17Cl2NO3. The third-order valence-corrected chi connectivity index (χ3v) is 4.77. The molecule has 6 heteroatoms. The number of carbonyl (C=O) groups excluding carboxylic acids is 2. The van der Waals surface area contributed by atoms with Crippen LogP contribution in [0.3, 0.4) is 0 Å². The molecule has 1 aliphatic heterocycles. The lowest BCUT2D eigenvalue weighted by molar-refractivity contribution is -0.133. The minimum atomic E-state index is -0.376. The highest BCUT2D eigenvalue weighted by Crippen LogP contribution is 2.39. The average Bonchev–Trinajstić information content (AvgIpc) is 3.02. The van der Waals surface area contributed by atoms with E-state index in [-0.39, 0.29) is 17.7 Å². The topological polar surface area (TPSA) is 48.3 Å². The number of hydrogen-bond acceptors (Lipinski definition) is 3. The summed E-state index contributed by atoms with van der Waals surface area (Å²) < 4.78 is 7.18. The van der Waals surface area contributed by atoms with E-state index in [1.165, 1.54) is 0 Å². The number of unbranched alkanes of at least 4 members (excludes halogenated alkanes) is 1. The van der Waals surface area contributed by atoms with Crippen molar-refractivity contribution in [2.24, 2.45) is 0 Å². The number of benzene rings is 1. The van der Waals surface area contributed by atoms with E-state index in [4.69, 9.17) is 27.9 Å². The van der Waals surface area contributed by atoms with Crippen molar-refractivity contribution in [3.63, 3.8) is 0 Å². The van der Waals surface area contributed by atoms with E-state index < -0.39 is 0 Å². The van der Waals surface area contributed by atoms with E-state index >= 15 is 0 Å². The van der Waals surface area contributed by atoms with Crippen molar-refractivity contribution in [1.29, 1.82) is 0 Å². The fourth-order valence-corrected chi connectivity index (χ4v) is 3.43. The quantitative estimate of drug-likeness (QED) is 0.562. The summed E-state index contributed by atoms with van der Waals surface area (Å²) in [4.78, 5) is 24.8. The molecule has 0 fully saturated rings. The van der Waals surface area contributed by atoms with Crippen LogP contribution in [0.25, 0.3) is 0 Å². The summed E-state index contributed by atoms with van der Waals surface area (Å²) in [5.41, 5.74) is 1.63. The Bertz CT molecular complexity index is 826. The minimum Gasteiger partial charge on any atom is -0.424 e. The summed E-state index contributed by atoms with van der Waals surface area (Å²) in [5.74, 6) is -0.393. The molecule has 0 radical (unpaired) electrons. The van der Waals surface area contributed by atoms with E-state index in [0.29, 0.717) is 33.6 Å². The summed E-state index contributed by atoms with van der Waals surface area (Å²) in [6, 6.07) is 6.44. The highest BCUT2D eigenvalue weighted by molar-refractivity contribution is 6.37. The van der Waals surface area contributed by atoms with Gasteiger partial charge in [-0.1, -0.05) is 36.5 Å². The first-order valence-electron chi connectivity index (χ1n) is 7.89. The van der Waals surface area contributed by atoms with Crippen LogP contribution in [0.1, 0.15) is 54.4 Å². The van der Waals surface area contributed by atoms with Gasteiger partial charge in [0.1, 0.15) is 0 Å². The van der Waals surface area contributed by atoms with Gasteiger partial charge >= 0.3 is 5.97 Å². The van der Waals surface area contributed by atoms with Crippen molar-refractivity contribution in [2.75, 3.05) is 0 Å². The second-order valence-corrected chi connectivity index (χ2v) is 6.72. The number of hydrogen-bond donors (Lipinski definition) is 0. The number of fused-ring (bicyclic) bond motifs is 1. The number of aromatic nitrogens is 1. The van der Waals surface area contributed by atoms with Gasteiger partial charge in [-0.15, -0.1) is 0 Å². The van der Waals surface area contributed by atoms with E-state index in [9.17, 15) is 9.59 Å². The molecule has 0 spiro atoms. The molecule has 1 atom stereocenters. The van der Waals surface area contributed by atoms with Crippen LogP contribution in [0, 0.1) is 0 Å². The maximum atomic E-state index is 13.0. The van der Waals surface area contributed by atoms with Crippen molar-refractivity contribution in [2.45, 2.75) is 39.2 Å². The van der Waals surface area contributed by atoms with Gasteiger partial charge in [0.2, 0.25) is 5.78 Å². The van der Waals surface area contributed by atoms with Gasteiger partial charge in [-0.2, -0.15) is 0 Å². The summed E-state index contributed by atoms with van der Waals surface area (Å²) in [6.07, 6.45) is 1.88. The molecule has 1 aromatic carbocycles. The lowest BCUT2D eigenvalue weighted by Gasteiger charge is -2.13. The Labute approximate surface area is 150 Å². The van der Waals surface area contributed by atoms with E-state index in [1.807, 2.05) is 4.57 Å². The zero-order valence-electron chi connectivity index (χ0n) is 13.4. The highest BCUT2D eigenvalue weighted by Gasteiger charge is 2.36. The van der Waals surface area contributed by atoms with Gasteiger partial charge in [-0.05, 0) is 31.5 Å². The zero-order valence-corrected chi connectivity index (χ0v) is 14.9. The molecule has 0 saturated carbocycles. The van der Waals surface area contributed by atoms with Crippen molar-refractivity contribution in [1.82, 2.24) is 4.57 Å². The molecule has 0 saturated heterocycles. The van der Waals surface area contributed by atoms with Gasteiger partial charge in [0.25, 0.3) is 0 Å². The van der Waals surface area contributed by atoms with Gasteiger partial charge in [0.15, 0.2) is 5.75 Å². The van der Waals surface area contributed by atoms with Crippen molar-refractivity contribution < 1.29 is 14.3 Å². The van der Waals surface area contributed by atoms with E-state index in [0.717, 1.165) is 18.5 Å². The molecule has 24 heavy (non-hydrogen) atoms. The predicted octanol–water partition coefficient (Wildman–Crippen LogP) is 4.85. The van der Waals surface area contributed by atoms with Crippen LogP contribution in [0.4, 0.5) is 0 Å². The molecule has 0 aliphatic carbocycles. The number of carbonyl (C=O) groups is 2. The average molecular weight is 366 g/mol. The van der Waals surface area contributed by atoms with E-state index in [1.54, 1.807) is 31.2 Å². The smallest absolute Gasteiger partial charge is 0.320 e. The van der Waals surface area contributed by atoms with Gasteiger partial charge < -0.3 is 9.30 Å². The molecule has 2 aromatic rings. The van der Waals surface area contributed by atoms with Crippen LogP contribution in [-0.2, 0) is 11.3 Å². The largest absolute Gasteiger partial charge is 0.424 e. The molecule has 4 nitrogen and oxygen atoms in total. The highest BCUT2D eigenvalue weighted by atomic mass is 35.5. The molecule has 0 N–H and O–H groups in total. The van der Waals surface area contributed by atoms with Gasteiger partial charge in [0, 0.05) is 23.2 Å². The molecule has 0 bridgehead atoms. The second kappa shape index (κ2) is 6.61. The number of ketones is 1. The second-order valence-electron chi connectivity index (χ2n) is 5.88. The first-order valence-corrected chi connectivity index (χ1v) is 8.64. The summed E-state index contributed by atoms with van der Waals surface area (Å²) in [7, 11) is 0. The van der Waals surface area contributed by atoms with Crippen LogP contribution >= 0.6 is 23.2 Å². The number of ether oxygens (including phenoxy) is 1. The molecule has 1 aliphatic rings. The SMILES string of the molecule is CCCCn1c(C(=O)c2ccc(Cl)cc2Cl)cc2c1C(C)C(=O)O2. The van der Waals surface area contributed by atoms with Gasteiger partial charge in [-0.25, -0.2) is 0 Å². The standard InChI is InChI=1S/C18H17Cl2NO3/c1-3-4-7-21-14(9-15-16(21)10(2)18(23)24-15)17(22)12-6-5-11(19)8-13(12)20/h5-6,8-10H,3-4,7H2,1-2H3. The Morgan fingerprint density at radius 2 is 2.04 bits per heavy atom. The molecule has 1 unspecified atom stereocenters. The third kappa shape index (κ3) is 2.85. The summed E-state index contributed by atoms with van der Waals surface area (Å²) >= 11 is 12.1. The number of halogens is 2. The Kier molecular flexibility index (Phi) is 4.70. The molecule has 126 valence electrons. The van der Waals surface area contributed by atoms with Crippen molar-refractivity contribution >= 4 is 35.0 Å².